The Bertz CT molecular complexity index is 1050. The highest BCUT2D eigenvalue weighted by molar-refractivity contribution is 5.96. The largest absolute Gasteiger partial charge is 0.443 e. The molecule has 1 fully saturated rings. The van der Waals surface area contributed by atoms with E-state index in [2.05, 4.69) is 10.3 Å². The van der Waals surface area contributed by atoms with Crippen molar-refractivity contribution >= 4 is 11.8 Å². The minimum absolute atomic E-state index is 0.0823. The number of nitrogens with one attached hydrogen (secondary N) is 1. The molecule has 31 heavy (non-hydrogen) atoms. The number of aromatic nitrogens is 1. The number of oxazole rings is 1. The van der Waals surface area contributed by atoms with Gasteiger partial charge in [0.1, 0.15) is 17.6 Å². The molecule has 2 heterocycles. The van der Waals surface area contributed by atoms with Crippen LogP contribution >= 0.6 is 0 Å². The fourth-order valence-corrected chi connectivity index (χ4v) is 3.84. The van der Waals surface area contributed by atoms with Crippen molar-refractivity contribution in [2.45, 2.75) is 31.7 Å². The minimum atomic E-state index is -0.293. The Balaban J connectivity index is 1.41. The van der Waals surface area contributed by atoms with E-state index in [0.29, 0.717) is 30.2 Å². The van der Waals surface area contributed by atoms with Crippen LogP contribution in [0.15, 0.2) is 65.2 Å². The Morgan fingerprint density at radius 3 is 2.77 bits per heavy atom. The summed E-state index contributed by atoms with van der Waals surface area (Å²) in [5, 5.41) is 2.69. The highest BCUT2D eigenvalue weighted by atomic mass is 19.1. The van der Waals surface area contributed by atoms with E-state index in [1.54, 1.807) is 41.4 Å². The molecule has 0 spiro atoms. The normalized spacial score (nSPS) is 16.2. The van der Waals surface area contributed by atoms with Crippen LogP contribution in [0.4, 0.5) is 4.39 Å². The summed E-state index contributed by atoms with van der Waals surface area (Å²) < 4.78 is 19.4. The highest BCUT2D eigenvalue weighted by Gasteiger charge is 2.31. The standard InChI is InChI=1S/C24H24FN3O3/c25-19-10-6-7-17(13-19)14-20-15-27-24(31-20)21-11-4-5-12-28(21)22(29)16-26-23(30)18-8-2-1-3-9-18/h1-3,6-10,13,15,21H,4-5,11-12,14,16H2,(H,26,30). The van der Waals surface area contributed by atoms with Crippen molar-refractivity contribution < 1.29 is 18.4 Å². The lowest BCUT2D eigenvalue weighted by atomic mass is 10.0. The van der Waals surface area contributed by atoms with Crippen molar-refractivity contribution in [1.82, 2.24) is 15.2 Å². The fourth-order valence-electron chi connectivity index (χ4n) is 3.84. The number of piperidine rings is 1. The summed E-state index contributed by atoms with van der Waals surface area (Å²) in [7, 11) is 0. The molecular formula is C24H24FN3O3. The van der Waals surface area contributed by atoms with E-state index in [4.69, 9.17) is 4.42 Å². The van der Waals surface area contributed by atoms with Crippen LogP contribution in [-0.2, 0) is 11.2 Å². The van der Waals surface area contributed by atoms with E-state index < -0.39 is 0 Å². The van der Waals surface area contributed by atoms with E-state index in [1.165, 1.54) is 12.1 Å². The second-order valence-corrected chi connectivity index (χ2v) is 7.62. The maximum atomic E-state index is 13.4. The molecule has 160 valence electrons. The van der Waals surface area contributed by atoms with E-state index in [-0.39, 0.29) is 30.2 Å². The fraction of sp³-hybridized carbons (Fsp3) is 0.292. The number of nitrogens with zero attached hydrogens (tertiary/aromatic N) is 2. The van der Waals surface area contributed by atoms with Gasteiger partial charge < -0.3 is 14.6 Å². The molecule has 7 heteroatoms. The molecule has 1 aromatic heterocycles. The summed E-state index contributed by atoms with van der Waals surface area (Å²) in [6.07, 6.45) is 4.67. The Morgan fingerprint density at radius 1 is 1.13 bits per heavy atom. The van der Waals surface area contributed by atoms with Crippen LogP contribution in [0.2, 0.25) is 0 Å². The summed E-state index contributed by atoms with van der Waals surface area (Å²) in [5.74, 6) is 0.360. The van der Waals surface area contributed by atoms with Crippen molar-refractivity contribution in [1.29, 1.82) is 0 Å². The second-order valence-electron chi connectivity index (χ2n) is 7.62. The van der Waals surface area contributed by atoms with Crippen molar-refractivity contribution in [3.63, 3.8) is 0 Å². The first-order chi connectivity index (χ1) is 15.1. The molecule has 0 radical (unpaired) electrons. The number of benzene rings is 2. The van der Waals surface area contributed by atoms with Gasteiger partial charge in [-0.3, -0.25) is 9.59 Å². The number of carbonyl (C=O) groups excluding carboxylic acids is 2. The number of halogens is 1. The first-order valence-corrected chi connectivity index (χ1v) is 10.4. The number of hydrogen-bond donors (Lipinski definition) is 1. The molecule has 1 unspecified atom stereocenters. The third-order valence-electron chi connectivity index (χ3n) is 5.38. The van der Waals surface area contributed by atoms with Crippen molar-refractivity contribution in [2.24, 2.45) is 0 Å². The van der Waals surface area contributed by atoms with Crippen LogP contribution in [0.1, 0.15) is 52.9 Å². The molecule has 2 aromatic carbocycles. The first kappa shape index (κ1) is 20.8. The summed E-state index contributed by atoms with van der Waals surface area (Å²) in [5.41, 5.74) is 1.31. The highest BCUT2D eigenvalue weighted by Crippen LogP contribution is 2.31. The SMILES string of the molecule is O=C(NCC(=O)N1CCCCC1c1ncc(Cc2cccc(F)c2)o1)c1ccccc1. The molecule has 1 aliphatic heterocycles. The second kappa shape index (κ2) is 9.55. The summed E-state index contributed by atoms with van der Waals surface area (Å²) >= 11 is 0. The van der Waals surface area contributed by atoms with Gasteiger partial charge >= 0.3 is 0 Å². The van der Waals surface area contributed by atoms with Gasteiger partial charge in [-0.25, -0.2) is 9.37 Å². The van der Waals surface area contributed by atoms with Gasteiger partial charge in [-0.1, -0.05) is 30.3 Å². The minimum Gasteiger partial charge on any atom is -0.443 e. The van der Waals surface area contributed by atoms with Crippen LogP contribution in [0, 0.1) is 5.82 Å². The van der Waals surface area contributed by atoms with Crippen molar-refractivity contribution in [2.75, 3.05) is 13.1 Å². The van der Waals surface area contributed by atoms with Gasteiger partial charge in [0, 0.05) is 18.5 Å². The van der Waals surface area contributed by atoms with Gasteiger partial charge in [0.25, 0.3) is 5.91 Å². The van der Waals surface area contributed by atoms with Gasteiger partial charge in [0.15, 0.2) is 0 Å². The van der Waals surface area contributed by atoms with Crippen molar-refractivity contribution in [3.8, 4) is 0 Å². The lowest BCUT2D eigenvalue weighted by molar-refractivity contribution is -0.134. The Kier molecular flexibility index (Phi) is 6.40. The first-order valence-electron chi connectivity index (χ1n) is 10.4. The number of carbonyl (C=O) groups is 2. The molecule has 2 amide bonds. The summed E-state index contributed by atoms with van der Waals surface area (Å²) in [6.45, 7) is 0.507. The van der Waals surface area contributed by atoms with Gasteiger partial charge in [-0.15, -0.1) is 0 Å². The summed E-state index contributed by atoms with van der Waals surface area (Å²) in [4.78, 5) is 31.2. The van der Waals surface area contributed by atoms with Gasteiger partial charge in [0.05, 0.1) is 12.7 Å². The molecular weight excluding hydrogens is 397 g/mol. The number of hydrogen-bond acceptors (Lipinski definition) is 4. The molecule has 1 atom stereocenters. The molecule has 1 saturated heterocycles. The molecule has 6 nitrogen and oxygen atoms in total. The molecule has 1 N–H and O–H groups in total. The van der Waals surface area contributed by atoms with Gasteiger partial charge in [0.2, 0.25) is 11.8 Å². The van der Waals surface area contributed by atoms with E-state index in [0.717, 1.165) is 24.8 Å². The molecule has 0 bridgehead atoms. The third-order valence-corrected chi connectivity index (χ3v) is 5.38. The molecule has 0 saturated carbocycles. The maximum absolute atomic E-state index is 13.4. The molecule has 3 aromatic rings. The smallest absolute Gasteiger partial charge is 0.251 e. The van der Waals surface area contributed by atoms with Gasteiger partial charge in [-0.05, 0) is 49.1 Å². The number of amides is 2. The predicted molar refractivity (Wildman–Crippen MR) is 113 cm³/mol. The predicted octanol–water partition coefficient (Wildman–Crippen LogP) is 3.89. The number of likely N-dealkylation sites (tertiary alicyclic amines) is 1. The van der Waals surface area contributed by atoms with Crippen LogP contribution < -0.4 is 5.32 Å². The van der Waals surface area contributed by atoms with Crippen LogP contribution in [-0.4, -0.2) is 34.8 Å². The zero-order valence-electron chi connectivity index (χ0n) is 17.1. The zero-order valence-corrected chi connectivity index (χ0v) is 17.1. The monoisotopic (exact) mass is 421 g/mol. The van der Waals surface area contributed by atoms with Crippen LogP contribution in [0.3, 0.4) is 0 Å². The van der Waals surface area contributed by atoms with Crippen molar-refractivity contribution in [3.05, 3.63) is 89.4 Å². The quantitative estimate of drug-likeness (QED) is 0.655. The van der Waals surface area contributed by atoms with Crippen LogP contribution in [0.25, 0.3) is 0 Å². The van der Waals surface area contributed by atoms with E-state index >= 15 is 0 Å². The molecule has 0 aliphatic carbocycles. The molecule has 1 aliphatic rings. The Labute approximate surface area is 180 Å². The van der Waals surface area contributed by atoms with E-state index in [9.17, 15) is 14.0 Å². The Morgan fingerprint density at radius 2 is 1.97 bits per heavy atom. The molecule has 4 rings (SSSR count). The van der Waals surface area contributed by atoms with Crippen LogP contribution in [0.5, 0.6) is 0 Å². The average molecular weight is 421 g/mol. The van der Waals surface area contributed by atoms with E-state index in [1.807, 2.05) is 12.1 Å². The number of rotatable bonds is 6. The van der Waals surface area contributed by atoms with Gasteiger partial charge in [-0.2, -0.15) is 0 Å². The lowest BCUT2D eigenvalue weighted by Crippen LogP contribution is -2.44. The maximum Gasteiger partial charge on any atom is 0.251 e. The Hall–Kier alpha value is -3.48. The topological polar surface area (TPSA) is 75.4 Å². The summed E-state index contributed by atoms with van der Waals surface area (Å²) in [6, 6.07) is 14.9. The zero-order chi connectivity index (χ0) is 21.6. The average Bonchev–Trinajstić information content (AvgIpc) is 3.26. The lowest BCUT2D eigenvalue weighted by Gasteiger charge is -2.33. The third kappa shape index (κ3) is 5.17.